The molecule has 103 heavy (non-hydrogen) atoms. The van der Waals surface area contributed by atoms with Crippen molar-refractivity contribution in [2.75, 3.05) is 117 Å². The number of thioether (sulfide) groups is 1. The molecular formula is C68H104N14O18S3. The number of nitrogens with zero attached hydrogens (tertiary/aromatic N) is 8. The van der Waals surface area contributed by atoms with Crippen molar-refractivity contribution in [2.24, 2.45) is 21.7 Å². The van der Waals surface area contributed by atoms with Crippen LogP contribution in [-0.2, 0) is 92.4 Å². The van der Waals surface area contributed by atoms with Crippen LogP contribution in [-0.4, -0.2) is 262 Å². The summed E-state index contributed by atoms with van der Waals surface area (Å²) in [6, 6.07) is 13.1. The van der Waals surface area contributed by atoms with Crippen molar-refractivity contribution in [1.29, 1.82) is 0 Å². The van der Waals surface area contributed by atoms with Crippen molar-refractivity contribution in [2.45, 2.75) is 152 Å². The molecule has 1 unspecified atom stereocenters. The molecule has 1 fully saturated rings. The summed E-state index contributed by atoms with van der Waals surface area (Å²) in [6.45, 7) is 3.60. The molecule has 3 aromatic rings. The Kier molecular flexibility index (Phi) is 35.5. The lowest BCUT2D eigenvalue weighted by molar-refractivity contribution is -0.153. The number of carbonyl (C=O) groups excluding carboxylic acids is 9. The molecule has 1 atom stereocenters. The predicted octanol–water partition coefficient (Wildman–Crippen LogP) is 0.773. The first-order chi connectivity index (χ1) is 48.9. The first-order valence-corrected chi connectivity index (χ1v) is 38.9. The van der Waals surface area contributed by atoms with Gasteiger partial charge in [-0.25, -0.2) is 31.9 Å². The number of ether oxygens (including phenoxy) is 3. The van der Waals surface area contributed by atoms with E-state index in [4.69, 9.17) is 36.0 Å². The van der Waals surface area contributed by atoms with E-state index in [1.54, 1.807) is 59.1 Å². The number of benzene rings is 3. The number of hydrogen-bond acceptors (Lipinski definition) is 21. The Labute approximate surface area is 608 Å². The molecule has 0 aromatic heterocycles. The van der Waals surface area contributed by atoms with Gasteiger partial charge in [-0.1, -0.05) is 49.6 Å². The molecule has 1 heterocycles. The number of hydrogen-bond donors (Lipinski definition) is 7. The Morgan fingerprint density at radius 2 is 1.05 bits per heavy atom. The molecule has 0 bridgehead atoms. The molecule has 5 rings (SSSR count). The van der Waals surface area contributed by atoms with Gasteiger partial charge in [-0.15, -0.1) is 0 Å². The molecule has 32 nitrogen and oxygen atoms in total. The van der Waals surface area contributed by atoms with E-state index in [0.29, 0.717) is 72.5 Å². The molecule has 572 valence electrons. The van der Waals surface area contributed by atoms with Gasteiger partial charge in [0, 0.05) is 57.5 Å². The lowest BCUT2D eigenvalue weighted by Gasteiger charge is -2.37. The highest BCUT2D eigenvalue weighted by atomic mass is 32.2. The third-order valence-electron chi connectivity index (χ3n) is 17.3. The standard InChI is InChI=1S/C68H104N14O18S3/c1-7-98-46-79(64(88)44-82(53-15-9-8-10-16-53)66(90)41-77(36-51-19-24-55(25-20-51)103(72,96)97)60(84)35-73-34-50-17-22-54(23-18-50)102(71,94)95)42-65(89)81(49(4)5)45-67(91)80(48(2)3)43-63(87)76(31-14-12-29-70)39-62(86)78(37-52-21-26-57-58(33-52)100-47-99-57)40-61(85)75(30-13-11-28-69)38-59(83)74-56(68(92)93)27-32-101-6/h17-26,33,48-49,53,56,73H,7-16,27-32,34-47,69-70H2,1-6H3,(H,74,83)(H,92,93)(H2,71,94,95)(H2,72,96,97). The minimum Gasteiger partial charge on any atom is -0.480 e. The second-order valence-corrected chi connectivity index (χ2v) is 29.9. The average Bonchev–Trinajstić information content (AvgIpc) is 1.83. The zero-order valence-electron chi connectivity index (χ0n) is 59.9. The number of primary sulfonamides is 2. The van der Waals surface area contributed by atoms with Crippen LogP contribution < -0.4 is 41.9 Å². The molecule has 11 N–H and O–H groups in total. The number of nitrogens with one attached hydrogen (secondary N) is 2. The Hall–Kier alpha value is -8.03. The van der Waals surface area contributed by atoms with Gasteiger partial charge in [0.25, 0.3) is 0 Å². The third-order valence-corrected chi connectivity index (χ3v) is 19.8. The summed E-state index contributed by atoms with van der Waals surface area (Å²) in [5, 5.41) is 26.0. The van der Waals surface area contributed by atoms with E-state index in [1.807, 2.05) is 0 Å². The van der Waals surface area contributed by atoms with Crippen molar-refractivity contribution >= 4 is 90.9 Å². The number of carboxylic acids is 1. The largest absolute Gasteiger partial charge is 0.480 e. The summed E-state index contributed by atoms with van der Waals surface area (Å²) in [5.41, 5.74) is 13.3. The van der Waals surface area contributed by atoms with Crippen LogP contribution in [0.3, 0.4) is 0 Å². The second kappa shape index (κ2) is 42.7. The predicted molar refractivity (Wildman–Crippen MR) is 384 cm³/mol. The number of carbonyl (C=O) groups is 10. The summed E-state index contributed by atoms with van der Waals surface area (Å²) < 4.78 is 64.8. The lowest BCUT2D eigenvalue weighted by Crippen LogP contribution is -2.55. The number of amides is 9. The van der Waals surface area contributed by atoms with Crippen molar-refractivity contribution in [3.8, 4) is 11.5 Å². The van der Waals surface area contributed by atoms with Crippen LogP contribution in [0.5, 0.6) is 11.5 Å². The number of aliphatic carboxylic acids is 1. The van der Waals surface area contributed by atoms with E-state index >= 15 is 0 Å². The van der Waals surface area contributed by atoms with E-state index < -0.39 is 162 Å². The quantitative estimate of drug-likeness (QED) is 0.0303. The Balaban J connectivity index is 1.36. The highest BCUT2D eigenvalue weighted by molar-refractivity contribution is 7.98. The molecule has 1 saturated carbocycles. The Morgan fingerprint density at radius 3 is 1.60 bits per heavy atom. The molecule has 1 aliphatic carbocycles. The third kappa shape index (κ3) is 28.5. The molecule has 0 radical (unpaired) electrons. The zero-order valence-corrected chi connectivity index (χ0v) is 62.3. The number of nitrogens with two attached hydrogens (primary N) is 4. The van der Waals surface area contributed by atoms with Crippen molar-refractivity contribution < 1.29 is 84.1 Å². The summed E-state index contributed by atoms with van der Waals surface area (Å²) in [4.78, 5) is 153. The maximum absolute atomic E-state index is 14.9. The summed E-state index contributed by atoms with van der Waals surface area (Å²) in [6.07, 6.45) is 6.98. The van der Waals surface area contributed by atoms with Gasteiger partial charge in [-0.3, -0.25) is 43.2 Å². The van der Waals surface area contributed by atoms with E-state index in [-0.39, 0.29) is 82.0 Å². The molecule has 9 amide bonds. The minimum atomic E-state index is -4.08. The number of carboxylic acid groups (broad SMARTS) is 1. The highest BCUT2D eigenvalue weighted by Gasteiger charge is 2.35. The van der Waals surface area contributed by atoms with E-state index in [1.165, 1.54) is 94.6 Å². The van der Waals surface area contributed by atoms with Gasteiger partial charge in [0.15, 0.2) is 11.5 Å². The van der Waals surface area contributed by atoms with Gasteiger partial charge >= 0.3 is 5.97 Å². The van der Waals surface area contributed by atoms with Gasteiger partial charge in [-0.2, -0.15) is 11.8 Å². The first-order valence-electron chi connectivity index (χ1n) is 34.5. The van der Waals surface area contributed by atoms with Crippen LogP contribution in [0, 0.1) is 0 Å². The number of sulfonamides is 2. The molecule has 0 spiro atoms. The molecule has 0 saturated heterocycles. The SMILES string of the molecule is CCOCN(CC(=O)N(CC(=O)N(CC(=O)N(CCCCN)CC(=O)N(CC(=O)N(CCCCN)CC(=O)NC(CCSC)C(=O)O)Cc1ccc2c(c1)OCO2)C(C)C)C(C)C)C(=O)CN(C(=O)CN(Cc1ccc(S(N)(=O)=O)cc1)C(=O)CNCc1ccc(S(N)(=O)=O)cc1)C1CCCCC1. The minimum absolute atomic E-state index is 0.00408. The fourth-order valence-corrected chi connectivity index (χ4v) is 12.9. The van der Waals surface area contributed by atoms with Crippen LogP contribution in [0.4, 0.5) is 0 Å². The highest BCUT2D eigenvalue weighted by Crippen LogP contribution is 2.33. The fourth-order valence-electron chi connectivity index (χ4n) is 11.4. The smallest absolute Gasteiger partial charge is 0.326 e. The van der Waals surface area contributed by atoms with E-state index in [9.17, 15) is 69.9 Å². The van der Waals surface area contributed by atoms with E-state index in [2.05, 4.69) is 10.6 Å². The average molecular weight is 1500 g/mol. The normalized spacial score (nSPS) is 13.2. The number of unbranched alkanes of at least 4 members (excludes halogenated alkanes) is 2. The van der Waals surface area contributed by atoms with Gasteiger partial charge in [0.1, 0.15) is 52.0 Å². The van der Waals surface area contributed by atoms with Gasteiger partial charge in [0.05, 0.1) is 29.4 Å². The van der Waals surface area contributed by atoms with Crippen LogP contribution >= 0.6 is 11.8 Å². The van der Waals surface area contributed by atoms with Gasteiger partial charge in [-0.05, 0) is 158 Å². The molecule has 2 aliphatic rings. The van der Waals surface area contributed by atoms with E-state index in [0.717, 1.165) is 24.2 Å². The van der Waals surface area contributed by atoms with Gasteiger partial charge < -0.3 is 80.6 Å². The van der Waals surface area contributed by atoms with Crippen molar-refractivity contribution in [1.82, 2.24) is 49.8 Å². The Morgan fingerprint density at radius 1 is 0.573 bits per heavy atom. The van der Waals surface area contributed by atoms with Crippen molar-refractivity contribution in [3.63, 3.8) is 0 Å². The number of rotatable bonds is 45. The van der Waals surface area contributed by atoms with Crippen LogP contribution in [0.1, 0.15) is 116 Å². The summed E-state index contributed by atoms with van der Waals surface area (Å²) in [5.74, 6) is -5.82. The summed E-state index contributed by atoms with van der Waals surface area (Å²) in [7, 11) is -8.04. The molecule has 3 aromatic carbocycles. The van der Waals surface area contributed by atoms with Crippen LogP contribution in [0.25, 0.3) is 0 Å². The lowest BCUT2D eigenvalue weighted by atomic mass is 9.94. The zero-order chi connectivity index (χ0) is 76.0. The van der Waals surface area contributed by atoms with Gasteiger partial charge in [0.2, 0.25) is 80.0 Å². The second-order valence-electron chi connectivity index (χ2n) is 25.8. The van der Waals surface area contributed by atoms with Crippen molar-refractivity contribution in [3.05, 3.63) is 83.4 Å². The maximum Gasteiger partial charge on any atom is 0.326 e. The van der Waals surface area contributed by atoms with Crippen LogP contribution in [0.2, 0.25) is 0 Å². The maximum atomic E-state index is 14.9. The number of fused-ring (bicyclic) bond motifs is 1. The first kappa shape index (κ1) is 85.6. The molecule has 1 aliphatic heterocycles. The monoisotopic (exact) mass is 1500 g/mol. The molecular weight excluding hydrogens is 1400 g/mol. The van der Waals surface area contributed by atoms with Crippen LogP contribution in [0.15, 0.2) is 76.5 Å². The molecule has 35 heteroatoms. The summed E-state index contributed by atoms with van der Waals surface area (Å²) >= 11 is 1.41. The topological polar surface area (TPSA) is 441 Å². The Bertz CT molecular complexity index is 3570. The fraction of sp³-hybridized carbons (Fsp3) is 0.588.